The maximum absolute atomic E-state index is 12.9. The molecule has 2 aliphatic rings. The van der Waals surface area contributed by atoms with Gasteiger partial charge in [-0.1, -0.05) is 33.2 Å². The van der Waals surface area contributed by atoms with E-state index in [-0.39, 0.29) is 5.91 Å². The first kappa shape index (κ1) is 20.1. The van der Waals surface area contributed by atoms with Crippen molar-refractivity contribution in [2.75, 3.05) is 26.2 Å². The molecule has 2 aromatic rings. The number of aromatic nitrogens is 2. The van der Waals surface area contributed by atoms with Gasteiger partial charge in [0.2, 0.25) is 6.10 Å². The van der Waals surface area contributed by atoms with E-state index in [4.69, 9.17) is 4.84 Å². The molecule has 1 amide bonds. The van der Waals surface area contributed by atoms with Gasteiger partial charge < -0.3 is 9.74 Å². The van der Waals surface area contributed by atoms with Crippen LogP contribution in [0.25, 0.3) is 0 Å². The van der Waals surface area contributed by atoms with Gasteiger partial charge in [0.05, 0.1) is 11.4 Å². The first-order valence-electron chi connectivity index (χ1n) is 10.1. The average Bonchev–Trinajstić information content (AvgIpc) is 3.35. The Bertz CT molecular complexity index is 918. The third-order valence-corrected chi connectivity index (χ3v) is 6.05. The molecule has 8 heteroatoms. The summed E-state index contributed by atoms with van der Waals surface area (Å²) in [7, 11) is 0. The number of hydrogen-bond donors (Lipinski definition) is 0. The first-order valence-corrected chi connectivity index (χ1v) is 10.9. The minimum atomic E-state index is -0.513. The van der Waals surface area contributed by atoms with Crippen LogP contribution in [0.2, 0.25) is 0 Å². The molecule has 1 saturated heterocycles. The van der Waals surface area contributed by atoms with Crippen LogP contribution in [0.15, 0.2) is 40.1 Å². The van der Waals surface area contributed by atoms with Crippen molar-refractivity contribution in [1.29, 1.82) is 0 Å². The van der Waals surface area contributed by atoms with Gasteiger partial charge in [-0.2, -0.15) is 5.10 Å². The van der Waals surface area contributed by atoms with Crippen LogP contribution in [0.4, 0.5) is 0 Å². The van der Waals surface area contributed by atoms with E-state index in [2.05, 4.69) is 51.1 Å². The molecule has 7 nitrogen and oxygen atoms in total. The number of carbonyl (C=O) groups is 1. The summed E-state index contributed by atoms with van der Waals surface area (Å²) in [5.74, 6) is 0.0355. The molecule has 0 bridgehead atoms. The van der Waals surface area contributed by atoms with Crippen molar-refractivity contribution in [3.05, 3.63) is 51.8 Å². The van der Waals surface area contributed by atoms with Gasteiger partial charge in [0.15, 0.2) is 0 Å². The normalized spacial score (nSPS) is 19.9. The molecule has 1 aromatic heterocycles. The fraction of sp³-hybridized carbons (Fsp3) is 0.476. The van der Waals surface area contributed by atoms with Gasteiger partial charge in [-0.3, -0.25) is 14.4 Å². The Kier molecular flexibility index (Phi) is 6.01. The maximum Gasteiger partial charge on any atom is 0.266 e. The number of benzene rings is 1. The van der Waals surface area contributed by atoms with Crippen LogP contribution in [0.1, 0.15) is 30.2 Å². The Morgan fingerprint density at radius 1 is 1.28 bits per heavy atom. The molecule has 1 unspecified atom stereocenters. The van der Waals surface area contributed by atoms with E-state index < -0.39 is 6.10 Å². The molecule has 0 aliphatic carbocycles. The van der Waals surface area contributed by atoms with E-state index in [1.165, 1.54) is 5.56 Å². The van der Waals surface area contributed by atoms with Crippen molar-refractivity contribution in [3.63, 3.8) is 0 Å². The lowest BCUT2D eigenvalue weighted by atomic mass is 10.0. The number of aryl methyl sites for hydroxylation is 2. The van der Waals surface area contributed by atoms with Gasteiger partial charge in [0.1, 0.15) is 0 Å². The van der Waals surface area contributed by atoms with Crippen molar-refractivity contribution in [1.82, 2.24) is 19.6 Å². The minimum absolute atomic E-state index is 0.0355. The molecule has 3 heterocycles. The number of nitrogens with zero attached hydrogens (tertiary/aromatic N) is 5. The Labute approximate surface area is 179 Å². The Hall–Kier alpha value is -2.19. The van der Waals surface area contributed by atoms with Crippen LogP contribution in [0, 0.1) is 6.92 Å². The van der Waals surface area contributed by atoms with Crippen molar-refractivity contribution in [2.24, 2.45) is 5.16 Å². The van der Waals surface area contributed by atoms with E-state index >= 15 is 0 Å². The summed E-state index contributed by atoms with van der Waals surface area (Å²) in [5.41, 5.74) is 4.16. The highest BCUT2D eigenvalue weighted by Gasteiger charge is 2.34. The summed E-state index contributed by atoms with van der Waals surface area (Å²) in [6.45, 7) is 9.05. The summed E-state index contributed by atoms with van der Waals surface area (Å²) < 4.78 is 2.97. The fourth-order valence-electron chi connectivity index (χ4n) is 3.80. The molecular weight excluding hydrogens is 434 g/mol. The molecule has 1 atom stereocenters. The number of oxime groups is 1. The highest BCUT2D eigenvalue weighted by atomic mass is 79.9. The summed E-state index contributed by atoms with van der Waals surface area (Å²) in [5, 5.41) is 8.68. The lowest BCUT2D eigenvalue weighted by Gasteiger charge is -2.35. The molecule has 0 spiro atoms. The van der Waals surface area contributed by atoms with E-state index in [0.717, 1.165) is 47.6 Å². The first-order chi connectivity index (χ1) is 14.0. The lowest BCUT2D eigenvalue weighted by molar-refractivity contribution is -0.143. The highest BCUT2D eigenvalue weighted by Crippen LogP contribution is 2.22. The Morgan fingerprint density at radius 3 is 2.76 bits per heavy atom. The van der Waals surface area contributed by atoms with Crippen molar-refractivity contribution < 1.29 is 9.63 Å². The number of piperazine rings is 1. The zero-order chi connectivity index (χ0) is 20.4. The van der Waals surface area contributed by atoms with E-state index in [9.17, 15) is 4.79 Å². The predicted molar refractivity (Wildman–Crippen MR) is 115 cm³/mol. The van der Waals surface area contributed by atoms with Crippen molar-refractivity contribution in [2.45, 2.75) is 39.5 Å². The SMILES string of the molecule is CCn1cc(CN2CCN(C(=O)C3CC(c4cccc(Br)c4)=NO3)CC2)c(C)n1. The number of carbonyl (C=O) groups excluding carboxylic acids is 1. The van der Waals surface area contributed by atoms with Crippen LogP contribution in [0.5, 0.6) is 0 Å². The zero-order valence-electron chi connectivity index (χ0n) is 16.8. The molecule has 0 N–H and O–H groups in total. The van der Waals surface area contributed by atoms with Gasteiger partial charge in [-0.15, -0.1) is 0 Å². The Balaban J connectivity index is 1.29. The average molecular weight is 460 g/mol. The number of rotatable bonds is 5. The molecule has 4 rings (SSSR count). The molecule has 0 saturated carbocycles. The number of halogens is 1. The topological polar surface area (TPSA) is 63.0 Å². The summed E-state index contributed by atoms with van der Waals surface area (Å²) in [4.78, 5) is 22.7. The van der Waals surface area contributed by atoms with Gasteiger partial charge in [0.25, 0.3) is 5.91 Å². The van der Waals surface area contributed by atoms with Crippen LogP contribution < -0.4 is 0 Å². The molecule has 1 aromatic carbocycles. The minimum Gasteiger partial charge on any atom is -0.382 e. The fourth-order valence-corrected chi connectivity index (χ4v) is 4.19. The van der Waals surface area contributed by atoms with Gasteiger partial charge >= 0.3 is 0 Å². The van der Waals surface area contributed by atoms with Gasteiger partial charge in [-0.25, -0.2) is 0 Å². The number of amides is 1. The third-order valence-electron chi connectivity index (χ3n) is 5.55. The maximum atomic E-state index is 12.9. The second kappa shape index (κ2) is 8.67. The standard InChI is InChI=1S/C21H26BrN5O2/c1-3-27-14-17(15(2)23-27)13-25-7-9-26(10-8-25)21(28)20-12-19(24-29-20)16-5-4-6-18(22)11-16/h4-6,11,14,20H,3,7-10,12-13H2,1-2H3. The Morgan fingerprint density at radius 2 is 2.07 bits per heavy atom. The van der Waals surface area contributed by atoms with E-state index in [0.29, 0.717) is 19.5 Å². The summed E-state index contributed by atoms with van der Waals surface area (Å²) >= 11 is 3.47. The van der Waals surface area contributed by atoms with Crippen molar-refractivity contribution >= 4 is 27.5 Å². The lowest BCUT2D eigenvalue weighted by Crippen LogP contribution is -2.51. The molecule has 1 fully saturated rings. The third kappa shape index (κ3) is 4.53. The van der Waals surface area contributed by atoms with Crippen LogP contribution in [0.3, 0.4) is 0 Å². The quantitative estimate of drug-likeness (QED) is 0.689. The smallest absolute Gasteiger partial charge is 0.266 e. The van der Waals surface area contributed by atoms with Crippen LogP contribution >= 0.6 is 15.9 Å². The molecule has 154 valence electrons. The number of hydrogen-bond acceptors (Lipinski definition) is 5. The van der Waals surface area contributed by atoms with Crippen LogP contribution in [-0.4, -0.2) is 63.5 Å². The van der Waals surface area contributed by atoms with E-state index in [1.807, 2.05) is 33.8 Å². The molecular formula is C21H26BrN5O2. The molecule has 0 radical (unpaired) electrons. The van der Waals surface area contributed by atoms with Gasteiger partial charge in [0, 0.05) is 67.5 Å². The highest BCUT2D eigenvalue weighted by molar-refractivity contribution is 9.10. The largest absolute Gasteiger partial charge is 0.382 e. The predicted octanol–water partition coefficient (Wildman–Crippen LogP) is 2.81. The molecule has 29 heavy (non-hydrogen) atoms. The monoisotopic (exact) mass is 459 g/mol. The van der Waals surface area contributed by atoms with Gasteiger partial charge in [-0.05, 0) is 26.0 Å². The molecule has 2 aliphatic heterocycles. The summed E-state index contributed by atoms with van der Waals surface area (Å²) in [6.07, 6.45) is 2.13. The second-order valence-corrected chi connectivity index (χ2v) is 8.46. The zero-order valence-corrected chi connectivity index (χ0v) is 18.4. The van der Waals surface area contributed by atoms with Crippen molar-refractivity contribution in [3.8, 4) is 0 Å². The van der Waals surface area contributed by atoms with E-state index in [1.54, 1.807) is 0 Å². The second-order valence-electron chi connectivity index (χ2n) is 7.54. The van der Waals surface area contributed by atoms with Crippen LogP contribution in [-0.2, 0) is 22.7 Å². The summed E-state index contributed by atoms with van der Waals surface area (Å²) in [6, 6.07) is 7.91.